The van der Waals surface area contributed by atoms with Crippen molar-refractivity contribution in [2.75, 3.05) is 26.4 Å². The van der Waals surface area contributed by atoms with Crippen LogP contribution >= 0.6 is 0 Å². The Balaban J connectivity index is 0. The van der Waals surface area contributed by atoms with Crippen LogP contribution in [0.25, 0.3) is 0 Å². The minimum absolute atomic E-state index is 0.365. The van der Waals surface area contributed by atoms with Gasteiger partial charge in [0, 0.05) is 26.4 Å². The lowest BCUT2D eigenvalue weighted by atomic mass is 10.0. The molecule has 0 aliphatic carbocycles. The molecule has 44 heavy (non-hydrogen) atoms. The number of aliphatic hydroxyl groups excluding tert-OH is 4. The molecule has 0 amide bonds. The summed E-state index contributed by atoms with van der Waals surface area (Å²) >= 11 is 0. The lowest BCUT2D eigenvalue weighted by Gasteiger charge is -2.03. The Hall–Kier alpha value is -0.160. The Bertz CT molecular complexity index is 365. The zero-order valence-electron chi connectivity index (χ0n) is 30.1. The summed E-state index contributed by atoms with van der Waals surface area (Å²) in [5.74, 6) is 0. The van der Waals surface area contributed by atoms with Crippen molar-refractivity contribution in [2.45, 2.75) is 231 Å². The lowest BCUT2D eigenvalue weighted by molar-refractivity contribution is 0.282. The van der Waals surface area contributed by atoms with E-state index in [0.717, 1.165) is 25.7 Å². The van der Waals surface area contributed by atoms with Crippen molar-refractivity contribution in [2.24, 2.45) is 0 Å². The second-order valence-electron chi connectivity index (χ2n) is 13.6. The Kier molecular flexibility index (Phi) is 49.4. The fraction of sp³-hybridized carbons (Fsp3) is 1.00. The maximum atomic E-state index is 8.69. The van der Waals surface area contributed by atoms with E-state index in [4.69, 9.17) is 20.4 Å². The van der Waals surface area contributed by atoms with E-state index in [9.17, 15) is 0 Å². The van der Waals surface area contributed by atoms with Crippen molar-refractivity contribution in [1.29, 1.82) is 0 Å². The van der Waals surface area contributed by atoms with E-state index in [-0.39, 0.29) is 0 Å². The van der Waals surface area contributed by atoms with Gasteiger partial charge in [-0.15, -0.1) is 0 Å². The van der Waals surface area contributed by atoms with E-state index in [0.29, 0.717) is 26.4 Å². The number of rotatable bonds is 38. The smallest absolute Gasteiger partial charge is 0.0431 e. The van der Waals surface area contributed by atoms with E-state index in [1.54, 1.807) is 0 Å². The Labute approximate surface area is 277 Å². The molecule has 0 saturated heterocycles. The highest BCUT2D eigenvalue weighted by Crippen LogP contribution is 2.15. The average Bonchev–Trinajstić information content (AvgIpc) is 3.04. The van der Waals surface area contributed by atoms with Crippen molar-refractivity contribution < 1.29 is 20.4 Å². The summed E-state index contributed by atoms with van der Waals surface area (Å²) in [6.07, 6.45) is 47.8. The van der Waals surface area contributed by atoms with Crippen LogP contribution in [0, 0.1) is 0 Å². The molecule has 0 rings (SSSR count). The molecule has 0 aromatic rings. The molecule has 0 aliphatic rings. The first kappa shape index (κ1) is 46.0. The molecule has 0 bridgehead atoms. The quantitative estimate of drug-likeness (QED) is 0.0513. The molecule has 0 heterocycles. The van der Waals surface area contributed by atoms with Crippen LogP contribution < -0.4 is 0 Å². The van der Waals surface area contributed by atoms with Gasteiger partial charge in [0.15, 0.2) is 0 Å². The highest BCUT2D eigenvalue weighted by atomic mass is 16.3. The van der Waals surface area contributed by atoms with Crippen LogP contribution in [0.3, 0.4) is 0 Å². The van der Waals surface area contributed by atoms with Gasteiger partial charge in [0.1, 0.15) is 0 Å². The molecule has 4 heteroatoms. The maximum Gasteiger partial charge on any atom is 0.0431 e. The van der Waals surface area contributed by atoms with Gasteiger partial charge in [-0.2, -0.15) is 0 Å². The zero-order valence-corrected chi connectivity index (χ0v) is 30.1. The summed E-state index contributed by atoms with van der Waals surface area (Å²) in [6, 6.07) is 0. The molecule has 0 atom stereocenters. The number of hydrogen-bond donors (Lipinski definition) is 4. The number of aliphatic hydroxyl groups is 4. The highest BCUT2D eigenvalue weighted by molar-refractivity contribution is 4.52. The molecule has 0 unspecified atom stereocenters. The van der Waals surface area contributed by atoms with Crippen LogP contribution in [-0.2, 0) is 0 Å². The fourth-order valence-corrected chi connectivity index (χ4v) is 6.10. The van der Waals surface area contributed by atoms with Crippen molar-refractivity contribution in [3.05, 3.63) is 0 Å². The summed E-state index contributed by atoms with van der Waals surface area (Å²) in [7, 11) is 0. The van der Waals surface area contributed by atoms with E-state index in [2.05, 4.69) is 0 Å². The number of hydrogen-bond acceptors (Lipinski definition) is 4. The molecule has 0 aliphatic heterocycles. The summed E-state index contributed by atoms with van der Waals surface area (Å²) in [4.78, 5) is 0. The SMILES string of the molecule is OCCCCCCCCCCCCCCCCCCCCO.OCCCCCCCCCCCCCCCCCCCCO. The Morgan fingerprint density at radius 1 is 0.114 bits per heavy atom. The molecular weight excluding hydrogens is 544 g/mol. The first-order valence-electron chi connectivity index (χ1n) is 20.3. The molecular formula is C40H84O4. The van der Waals surface area contributed by atoms with Crippen LogP contribution in [0.4, 0.5) is 0 Å². The largest absolute Gasteiger partial charge is 0.396 e. The van der Waals surface area contributed by atoms with Crippen molar-refractivity contribution in [3.8, 4) is 0 Å². The standard InChI is InChI=1S/2C20H42O2/c2*21-19-17-15-13-11-9-7-5-3-1-2-4-6-8-10-12-14-16-18-20-22/h2*21-22H,1-20H2. The van der Waals surface area contributed by atoms with E-state index in [1.807, 2.05) is 0 Å². The van der Waals surface area contributed by atoms with Crippen molar-refractivity contribution >= 4 is 0 Å². The third-order valence-corrected chi connectivity index (χ3v) is 9.13. The van der Waals surface area contributed by atoms with Crippen molar-refractivity contribution in [3.63, 3.8) is 0 Å². The van der Waals surface area contributed by atoms with Gasteiger partial charge >= 0.3 is 0 Å². The molecule has 268 valence electrons. The fourth-order valence-electron chi connectivity index (χ4n) is 6.10. The second-order valence-corrected chi connectivity index (χ2v) is 13.6. The van der Waals surface area contributed by atoms with E-state index >= 15 is 0 Å². The van der Waals surface area contributed by atoms with Gasteiger partial charge in [0.05, 0.1) is 0 Å². The van der Waals surface area contributed by atoms with E-state index in [1.165, 1.54) is 205 Å². The van der Waals surface area contributed by atoms with Crippen LogP contribution in [-0.4, -0.2) is 46.9 Å². The molecule has 0 radical (unpaired) electrons. The predicted molar refractivity (Wildman–Crippen MR) is 195 cm³/mol. The molecule has 4 N–H and O–H groups in total. The van der Waals surface area contributed by atoms with Crippen LogP contribution in [0.1, 0.15) is 231 Å². The van der Waals surface area contributed by atoms with Crippen LogP contribution in [0.5, 0.6) is 0 Å². The topological polar surface area (TPSA) is 80.9 Å². The van der Waals surface area contributed by atoms with Gasteiger partial charge in [0.2, 0.25) is 0 Å². The molecule has 0 aromatic heterocycles. The summed E-state index contributed by atoms with van der Waals surface area (Å²) in [5.41, 5.74) is 0. The monoisotopic (exact) mass is 629 g/mol. The molecule has 4 nitrogen and oxygen atoms in total. The first-order chi connectivity index (χ1) is 21.8. The lowest BCUT2D eigenvalue weighted by Crippen LogP contribution is -1.85. The minimum atomic E-state index is 0.365. The summed E-state index contributed by atoms with van der Waals surface area (Å²) < 4.78 is 0. The molecule has 0 spiro atoms. The van der Waals surface area contributed by atoms with Gasteiger partial charge in [0.25, 0.3) is 0 Å². The Morgan fingerprint density at radius 2 is 0.182 bits per heavy atom. The Morgan fingerprint density at radius 3 is 0.250 bits per heavy atom. The third-order valence-electron chi connectivity index (χ3n) is 9.13. The normalized spacial score (nSPS) is 11.2. The second kappa shape index (κ2) is 47.2. The molecule has 0 fully saturated rings. The predicted octanol–water partition coefficient (Wildman–Crippen LogP) is 12.0. The number of unbranched alkanes of at least 4 members (excludes halogenated alkanes) is 34. The van der Waals surface area contributed by atoms with Gasteiger partial charge < -0.3 is 20.4 Å². The van der Waals surface area contributed by atoms with Gasteiger partial charge in [-0.3, -0.25) is 0 Å². The van der Waals surface area contributed by atoms with E-state index < -0.39 is 0 Å². The maximum absolute atomic E-state index is 8.69. The van der Waals surface area contributed by atoms with Crippen molar-refractivity contribution in [1.82, 2.24) is 0 Å². The minimum Gasteiger partial charge on any atom is -0.396 e. The van der Waals surface area contributed by atoms with Gasteiger partial charge in [-0.25, -0.2) is 0 Å². The molecule has 0 saturated carbocycles. The zero-order chi connectivity index (χ0) is 32.3. The summed E-state index contributed by atoms with van der Waals surface area (Å²) in [5, 5.41) is 34.8. The van der Waals surface area contributed by atoms with Crippen LogP contribution in [0.2, 0.25) is 0 Å². The van der Waals surface area contributed by atoms with Gasteiger partial charge in [-0.1, -0.05) is 205 Å². The highest BCUT2D eigenvalue weighted by Gasteiger charge is 1.96. The molecule has 0 aromatic carbocycles. The first-order valence-corrected chi connectivity index (χ1v) is 20.3. The van der Waals surface area contributed by atoms with Gasteiger partial charge in [-0.05, 0) is 25.7 Å². The third kappa shape index (κ3) is 48.7. The van der Waals surface area contributed by atoms with Crippen LogP contribution in [0.15, 0.2) is 0 Å². The average molecular weight is 629 g/mol. The summed E-state index contributed by atoms with van der Waals surface area (Å²) in [6.45, 7) is 1.46.